The number of benzene rings is 2. The molecule has 1 amide bonds. The summed E-state index contributed by atoms with van der Waals surface area (Å²) in [6.45, 7) is 2.01. The summed E-state index contributed by atoms with van der Waals surface area (Å²) in [5.74, 6) is -0.0830. The first-order valence-electron chi connectivity index (χ1n) is 7.93. The number of amides is 1. The maximum atomic E-state index is 12.4. The number of rotatable bonds is 4. The normalized spacial score (nSPS) is 23.0. The van der Waals surface area contributed by atoms with Crippen molar-refractivity contribution in [1.29, 1.82) is 0 Å². The van der Waals surface area contributed by atoms with Gasteiger partial charge in [0.05, 0.1) is 12.3 Å². The third kappa shape index (κ3) is 4.07. The highest BCUT2D eigenvalue weighted by atomic mass is 79.9. The van der Waals surface area contributed by atoms with Gasteiger partial charge in [-0.05, 0) is 23.8 Å². The number of phenolic OH excluding ortho intramolecular Hbond substituents is 1. The van der Waals surface area contributed by atoms with Crippen molar-refractivity contribution < 1.29 is 9.90 Å². The van der Waals surface area contributed by atoms with Gasteiger partial charge in [-0.2, -0.15) is 5.10 Å². The summed E-state index contributed by atoms with van der Waals surface area (Å²) in [5, 5.41) is 13.7. The van der Waals surface area contributed by atoms with Crippen LogP contribution in [0.1, 0.15) is 24.1 Å². The van der Waals surface area contributed by atoms with Gasteiger partial charge in [-0.15, -0.1) is 0 Å². The molecule has 0 bridgehead atoms. The van der Waals surface area contributed by atoms with Gasteiger partial charge in [-0.3, -0.25) is 4.79 Å². The number of halogens is 1. The monoisotopic (exact) mass is 402 g/mol. The molecular weight excluding hydrogens is 384 g/mol. The van der Waals surface area contributed by atoms with Crippen molar-refractivity contribution in [3.05, 3.63) is 64.1 Å². The van der Waals surface area contributed by atoms with Crippen LogP contribution in [0.15, 0.2) is 58.1 Å². The van der Waals surface area contributed by atoms with Gasteiger partial charge in [0.1, 0.15) is 11.8 Å². The van der Waals surface area contributed by atoms with Crippen molar-refractivity contribution in [2.75, 3.05) is 0 Å². The van der Waals surface area contributed by atoms with E-state index in [1.807, 2.05) is 37.3 Å². The van der Waals surface area contributed by atoms with Crippen LogP contribution in [-0.2, 0) is 4.79 Å². The standard InChI is InChI=1S/C18H19BrN4O2/c1-11-16(12-5-3-2-4-6-12)21-22-17(11)18(25)23-20-10-13-9-14(19)7-8-15(13)24/h2-11,16-17,21-22,24H,1H3,(H,23,25)/b20-10+. The van der Waals surface area contributed by atoms with Crippen LogP contribution in [0, 0.1) is 5.92 Å². The average Bonchev–Trinajstić information content (AvgIpc) is 3.00. The van der Waals surface area contributed by atoms with Crippen molar-refractivity contribution in [1.82, 2.24) is 16.3 Å². The molecule has 1 aliphatic heterocycles. The SMILES string of the molecule is CC1C(C(=O)N/N=C/c2cc(Br)ccc2O)NNC1c1ccccc1. The van der Waals surface area contributed by atoms with E-state index in [4.69, 9.17) is 0 Å². The maximum Gasteiger partial charge on any atom is 0.258 e. The molecule has 0 aromatic heterocycles. The van der Waals surface area contributed by atoms with Crippen LogP contribution >= 0.6 is 15.9 Å². The minimum absolute atomic E-state index is 0.0510. The lowest BCUT2D eigenvalue weighted by molar-refractivity contribution is -0.123. The van der Waals surface area contributed by atoms with Crippen molar-refractivity contribution in [3.63, 3.8) is 0 Å². The number of hydrazine groups is 1. The number of hydrazone groups is 1. The van der Waals surface area contributed by atoms with Gasteiger partial charge in [0.15, 0.2) is 0 Å². The smallest absolute Gasteiger partial charge is 0.258 e. The summed E-state index contributed by atoms with van der Waals surface area (Å²) < 4.78 is 0.819. The molecule has 0 spiro atoms. The predicted molar refractivity (Wildman–Crippen MR) is 99.9 cm³/mol. The number of carbonyl (C=O) groups excluding carboxylic acids is 1. The highest BCUT2D eigenvalue weighted by Crippen LogP contribution is 2.28. The number of hydrogen-bond acceptors (Lipinski definition) is 5. The molecule has 3 unspecified atom stereocenters. The molecule has 3 atom stereocenters. The number of nitrogens with zero attached hydrogens (tertiary/aromatic N) is 1. The third-order valence-corrected chi connectivity index (χ3v) is 4.75. The van der Waals surface area contributed by atoms with Gasteiger partial charge < -0.3 is 5.11 Å². The van der Waals surface area contributed by atoms with Crippen molar-refractivity contribution in [2.24, 2.45) is 11.0 Å². The van der Waals surface area contributed by atoms with Crippen LogP contribution in [0.3, 0.4) is 0 Å². The molecular formula is C18H19BrN4O2. The highest BCUT2D eigenvalue weighted by molar-refractivity contribution is 9.10. The topological polar surface area (TPSA) is 85.8 Å². The largest absolute Gasteiger partial charge is 0.507 e. The number of hydrogen-bond donors (Lipinski definition) is 4. The third-order valence-electron chi connectivity index (χ3n) is 4.26. The van der Waals surface area contributed by atoms with Gasteiger partial charge in [-0.1, -0.05) is 53.2 Å². The van der Waals surface area contributed by atoms with E-state index in [0.717, 1.165) is 10.0 Å². The summed E-state index contributed by atoms with van der Waals surface area (Å²) >= 11 is 3.33. The molecule has 0 aliphatic carbocycles. The molecule has 0 radical (unpaired) electrons. The van der Waals surface area contributed by atoms with E-state index in [1.54, 1.807) is 18.2 Å². The summed E-state index contributed by atoms with van der Waals surface area (Å²) in [6, 6.07) is 14.6. The fourth-order valence-corrected chi connectivity index (χ4v) is 3.23. The molecule has 2 aromatic carbocycles. The van der Waals surface area contributed by atoms with E-state index < -0.39 is 6.04 Å². The van der Waals surface area contributed by atoms with E-state index >= 15 is 0 Å². The number of nitrogens with one attached hydrogen (secondary N) is 3. The fourth-order valence-electron chi connectivity index (χ4n) is 2.85. The molecule has 0 saturated carbocycles. The van der Waals surface area contributed by atoms with E-state index in [1.165, 1.54) is 6.21 Å². The van der Waals surface area contributed by atoms with Crippen LogP contribution in [0.5, 0.6) is 5.75 Å². The van der Waals surface area contributed by atoms with Gasteiger partial charge in [0, 0.05) is 16.0 Å². The van der Waals surface area contributed by atoms with Gasteiger partial charge in [-0.25, -0.2) is 16.3 Å². The van der Waals surface area contributed by atoms with Crippen LogP contribution in [0.2, 0.25) is 0 Å². The van der Waals surface area contributed by atoms with Crippen molar-refractivity contribution >= 4 is 28.1 Å². The highest BCUT2D eigenvalue weighted by Gasteiger charge is 2.37. The molecule has 3 rings (SSSR count). The molecule has 7 heteroatoms. The first-order valence-corrected chi connectivity index (χ1v) is 8.73. The second-order valence-electron chi connectivity index (χ2n) is 5.95. The lowest BCUT2D eigenvalue weighted by atomic mass is 9.91. The minimum atomic E-state index is -0.404. The zero-order valence-electron chi connectivity index (χ0n) is 13.6. The first kappa shape index (κ1) is 17.6. The van der Waals surface area contributed by atoms with E-state index in [9.17, 15) is 9.90 Å². The maximum absolute atomic E-state index is 12.4. The molecule has 1 heterocycles. The Bertz CT molecular complexity index is 782. The summed E-state index contributed by atoms with van der Waals surface area (Å²) in [6.07, 6.45) is 1.42. The molecule has 25 heavy (non-hydrogen) atoms. The van der Waals surface area contributed by atoms with Crippen LogP contribution in [-0.4, -0.2) is 23.3 Å². The lowest BCUT2D eigenvalue weighted by Crippen LogP contribution is -2.43. The lowest BCUT2D eigenvalue weighted by Gasteiger charge is -2.17. The van der Waals surface area contributed by atoms with Gasteiger partial charge in [0.2, 0.25) is 0 Å². The Kier molecular flexibility index (Phi) is 5.47. The Labute approximate surface area is 154 Å². The Balaban J connectivity index is 1.62. The summed E-state index contributed by atoms with van der Waals surface area (Å²) in [7, 11) is 0. The second kappa shape index (κ2) is 7.77. The zero-order chi connectivity index (χ0) is 17.8. The average molecular weight is 403 g/mol. The summed E-state index contributed by atoms with van der Waals surface area (Å²) in [5.41, 5.74) is 10.4. The van der Waals surface area contributed by atoms with Gasteiger partial charge in [0.25, 0.3) is 5.91 Å². The van der Waals surface area contributed by atoms with Crippen LogP contribution in [0.25, 0.3) is 0 Å². The van der Waals surface area contributed by atoms with E-state index in [2.05, 4.69) is 37.3 Å². The predicted octanol–water partition coefficient (Wildman–Crippen LogP) is 2.46. The molecule has 6 nitrogen and oxygen atoms in total. The number of aromatic hydroxyl groups is 1. The minimum Gasteiger partial charge on any atom is -0.507 e. The molecule has 1 saturated heterocycles. The molecule has 4 N–H and O–H groups in total. The quantitative estimate of drug-likeness (QED) is 0.467. The first-order chi connectivity index (χ1) is 12.1. The second-order valence-corrected chi connectivity index (χ2v) is 6.87. The zero-order valence-corrected chi connectivity index (χ0v) is 15.2. The Morgan fingerprint density at radius 1 is 1.24 bits per heavy atom. The Hall–Kier alpha value is -2.22. The van der Waals surface area contributed by atoms with Gasteiger partial charge >= 0.3 is 0 Å². The van der Waals surface area contributed by atoms with Crippen molar-refractivity contribution in [2.45, 2.75) is 19.0 Å². The van der Waals surface area contributed by atoms with Crippen LogP contribution in [0.4, 0.5) is 0 Å². The molecule has 1 aliphatic rings. The van der Waals surface area contributed by atoms with Crippen molar-refractivity contribution in [3.8, 4) is 5.75 Å². The van der Waals surface area contributed by atoms with E-state index in [0.29, 0.717) is 5.56 Å². The fraction of sp³-hybridized carbons (Fsp3) is 0.222. The summed E-state index contributed by atoms with van der Waals surface area (Å²) in [4.78, 5) is 12.4. The van der Waals surface area contributed by atoms with E-state index in [-0.39, 0.29) is 23.6 Å². The number of carbonyl (C=O) groups is 1. The number of phenols is 1. The molecule has 2 aromatic rings. The Morgan fingerprint density at radius 2 is 2.00 bits per heavy atom. The Morgan fingerprint density at radius 3 is 2.76 bits per heavy atom. The van der Waals surface area contributed by atoms with Crippen LogP contribution < -0.4 is 16.3 Å². The molecule has 130 valence electrons. The molecule has 1 fully saturated rings.